The molecule has 0 saturated carbocycles. The van der Waals surface area contributed by atoms with Gasteiger partial charge in [-0.3, -0.25) is 9.59 Å². The van der Waals surface area contributed by atoms with Crippen LogP contribution in [0.25, 0.3) is 5.76 Å². The second kappa shape index (κ2) is 10.2. The fourth-order valence-corrected chi connectivity index (χ4v) is 4.66. The van der Waals surface area contributed by atoms with Gasteiger partial charge < -0.3 is 24.4 Å². The number of nitrogens with one attached hydrogen (secondary N) is 1. The Morgan fingerprint density at radius 1 is 1.15 bits per heavy atom. The quantitative estimate of drug-likeness (QED) is 0.378. The summed E-state index contributed by atoms with van der Waals surface area (Å²) in [5.74, 6) is -1.07. The Labute approximate surface area is 194 Å². The van der Waals surface area contributed by atoms with E-state index in [-0.39, 0.29) is 5.57 Å². The molecular formula is C26H30N2O5. The molecule has 33 heavy (non-hydrogen) atoms. The molecule has 0 spiro atoms. The van der Waals surface area contributed by atoms with E-state index in [9.17, 15) is 14.7 Å². The second-order valence-corrected chi connectivity index (χ2v) is 8.53. The van der Waals surface area contributed by atoms with Crippen molar-refractivity contribution in [2.45, 2.75) is 19.4 Å². The van der Waals surface area contributed by atoms with E-state index in [2.05, 4.69) is 0 Å². The first-order valence-electron chi connectivity index (χ1n) is 11.4. The van der Waals surface area contributed by atoms with Crippen molar-refractivity contribution in [3.05, 3.63) is 70.8 Å². The lowest BCUT2D eigenvalue weighted by atomic mass is 9.94. The SMILES string of the molecule is COc1ccc(C([O-])=C2C(=O)C(=O)N(CCC[NH+]3CCOCC3)C2c2ccccc2)c(C)c1. The van der Waals surface area contributed by atoms with Crippen LogP contribution >= 0.6 is 0 Å². The van der Waals surface area contributed by atoms with Gasteiger partial charge in [-0.05, 0) is 35.7 Å². The van der Waals surface area contributed by atoms with E-state index < -0.39 is 23.5 Å². The molecule has 0 aliphatic carbocycles. The molecule has 0 radical (unpaired) electrons. The second-order valence-electron chi connectivity index (χ2n) is 8.53. The molecule has 0 bridgehead atoms. The van der Waals surface area contributed by atoms with E-state index in [4.69, 9.17) is 9.47 Å². The first-order valence-corrected chi connectivity index (χ1v) is 11.4. The number of morpholine rings is 1. The van der Waals surface area contributed by atoms with Crippen molar-refractivity contribution >= 4 is 17.4 Å². The summed E-state index contributed by atoms with van der Waals surface area (Å²) in [7, 11) is 1.56. The van der Waals surface area contributed by atoms with Crippen molar-refractivity contribution < 1.29 is 29.1 Å². The fraction of sp³-hybridized carbons (Fsp3) is 0.385. The Bertz CT molecular complexity index is 1040. The van der Waals surface area contributed by atoms with Gasteiger partial charge in [-0.1, -0.05) is 42.2 Å². The lowest BCUT2D eigenvalue weighted by Gasteiger charge is -2.29. The number of likely N-dealkylation sites (tertiary alicyclic amines) is 1. The summed E-state index contributed by atoms with van der Waals surface area (Å²) in [6.45, 7) is 6.51. The van der Waals surface area contributed by atoms with Crippen LogP contribution in [0.1, 0.15) is 29.2 Å². The van der Waals surface area contributed by atoms with Crippen LogP contribution in [0.2, 0.25) is 0 Å². The van der Waals surface area contributed by atoms with Gasteiger partial charge in [0.2, 0.25) is 5.78 Å². The van der Waals surface area contributed by atoms with Gasteiger partial charge in [0.25, 0.3) is 5.91 Å². The molecule has 2 heterocycles. The van der Waals surface area contributed by atoms with Gasteiger partial charge in [-0.15, -0.1) is 0 Å². The maximum Gasteiger partial charge on any atom is 0.295 e. The number of Topliss-reactive ketones (excluding diaryl/α,β-unsaturated/α-hetero) is 1. The first kappa shape index (κ1) is 23.0. The average molecular weight is 451 g/mol. The molecule has 2 aliphatic rings. The first-order chi connectivity index (χ1) is 16.0. The Morgan fingerprint density at radius 2 is 1.88 bits per heavy atom. The maximum atomic E-state index is 13.6. The molecule has 1 amide bonds. The summed E-state index contributed by atoms with van der Waals surface area (Å²) in [4.78, 5) is 29.2. The number of carbonyl (C=O) groups is 2. The third-order valence-corrected chi connectivity index (χ3v) is 6.45. The highest BCUT2D eigenvalue weighted by Crippen LogP contribution is 2.39. The topological polar surface area (TPSA) is 83.3 Å². The number of carbonyl (C=O) groups excluding carboxylic acids is 2. The molecule has 2 saturated heterocycles. The third-order valence-electron chi connectivity index (χ3n) is 6.45. The van der Waals surface area contributed by atoms with Crippen molar-refractivity contribution in [3.8, 4) is 5.75 Å². The van der Waals surface area contributed by atoms with E-state index in [1.165, 1.54) is 4.90 Å². The number of benzene rings is 2. The van der Waals surface area contributed by atoms with Gasteiger partial charge in [0.05, 0.1) is 32.9 Å². The number of aryl methyl sites for hydroxylation is 1. The molecular weight excluding hydrogens is 420 g/mol. The smallest absolute Gasteiger partial charge is 0.295 e. The Morgan fingerprint density at radius 3 is 2.55 bits per heavy atom. The average Bonchev–Trinajstić information content (AvgIpc) is 3.10. The number of ether oxygens (including phenoxy) is 2. The standard InChI is InChI=1S/C26H30N2O5/c1-18-17-20(32-2)9-10-21(18)24(29)22-23(19-7-4-3-5-8-19)28(26(31)25(22)30)12-6-11-27-13-15-33-16-14-27/h3-5,7-10,17,23,29H,6,11-16H2,1-2H3. The van der Waals surface area contributed by atoms with Crippen LogP contribution in [0, 0.1) is 6.92 Å². The number of amides is 1. The molecule has 1 N–H and O–H groups in total. The van der Waals surface area contributed by atoms with Crippen LogP contribution in [-0.4, -0.2) is 63.1 Å². The fourth-order valence-electron chi connectivity index (χ4n) is 4.66. The minimum absolute atomic E-state index is 0.0261. The van der Waals surface area contributed by atoms with Crippen LogP contribution < -0.4 is 14.7 Å². The van der Waals surface area contributed by atoms with Gasteiger partial charge in [-0.25, -0.2) is 0 Å². The molecule has 2 aromatic rings. The Balaban J connectivity index is 1.67. The zero-order valence-electron chi connectivity index (χ0n) is 19.1. The number of methoxy groups -OCH3 is 1. The molecule has 2 aromatic carbocycles. The molecule has 2 fully saturated rings. The minimum atomic E-state index is -0.706. The molecule has 0 aromatic heterocycles. The molecule has 1 atom stereocenters. The molecule has 174 valence electrons. The Kier molecular flexibility index (Phi) is 7.11. The van der Waals surface area contributed by atoms with Crippen LogP contribution in [-0.2, 0) is 14.3 Å². The number of ketones is 1. The van der Waals surface area contributed by atoms with E-state index in [1.807, 2.05) is 30.3 Å². The number of rotatable bonds is 7. The van der Waals surface area contributed by atoms with Gasteiger partial charge in [0.15, 0.2) is 0 Å². The number of quaternary nitrogens is 1. The van der Waals surface area contributed by atoms with Gasteiger partial charge in [0.1, 0.15) is 18.8 Å². The zero-order valence-corrected chi connectivity index (χ0v) is 19.1. The van der Waals surface area contributed by atoms with Gasteiger partial charge in [-0.2, -0.15) is 0 Å². The summed E-state index contributed by atoms with van der Waals surface area (Å²) >= 11 is 0. The summed E-state index contributed by atoms with van der Waals surface area (Å²) in [6, 6.07) is 13.8. The van der Waals surface area contributed by atoms with Crippen molar-refractivity contribution in [2.24, 2.45) is 0 Å². The summed E-state index contributed by atoms with van der Waals surface area (Å²) in [5.41, 5.74) is 1.91. The lowest BCUT2D eigenvalue weighted by Crippen LogP contribution is -3.14. The summed E-state index contributed by atoms with van der Waals surface area (Å²) < 4.78 is 10.7. The van der Waals surface area contributed by atoms with Gasteiger partial charge in [0, 0.05) is 18.5 Å². The van der Waals surface area contributed by atoms with Crippen molar-refractivity contribution in [1.29, 1.82) is 0 Å². The van der Waals surface area contributed by atoms with E-state index in [1.54, 1.807) is 37.1 Å². The largest absolute Gasteiger partial charge is 0.872 e. The van der Waals surface area contributed by atoms with Gasteiger partial charge >= 0.3 is 0 Å². The maximum absolute atomic E-state index is 13.6. The highest BCUT2D eigenvalue weighted by molar-refractivity contribution is 6.46. The summed E-state index contributed by atoms with van der Waals surface area (Å²) in [5, 5.41) is 13.6. The number of hydrogen-bond donors (Lipinski definition) is 1. The molecule has 7 heteroatoms. The highest BCUT2D eigenvalue weighted by Gasteiger charge is 2.44. The van der Waals surface area contributed by atoms with E-state index in [0.717, 1.165) is 44.8 Å². The normalized spacial score (nSPS) is 20.9. The molecule has 7 nitrogen and oxygen atoms in total. The summed E-state index contributed by atoms with van der Waals surface area (Å²) in [6.07, 6.45) is 0.751. The lowest BCUT2D eigenvalue weighted by molar-refractivity contribution is -0.908. The third kappa shape index (κ3) is 4.79. The highest BCUT2D eigenvalue weighted by atomic mass is 16.5. The molecule has 1 unspecified atom stereocenters. The molecule has 4 rings (SSSR count). The van der Waals surface area contributed by atoms with Crippen LogP contribution in [0.15, 0.2) is 54.1 Å². The number of hydrogen-bond acceptors (Lipinski definition) is 5. The predicted octanol–water partition coefficient (Wildman–Crippen LogP) is 0.533. The minimum Gasteiger partial charge on any atom is -0.872 e. The number of nitrogens with zero attached hydrogens (tertiary/aromatic N) is 1. The predicted molar refractivity (Wildman–Crippen MR) is 122 cm³/mol. The zero-order chi connectivity index (χ0) is 23.4. The molecule has 2 aliphatic heterocycles. The van der Waals surface area contributed by atoms with Crippen molar-refractivity contribution in [3.63, 3.8) is 0 Å². The monoisotopic (exact) mass is 450 g/mol. The van der Waals surface area contributed by atoms with Crippen LogP contribution in [0.4, 0.5) is 0 Å². The van der Waals surface area contributed by atoms with E-state index >= 15 is 0 Å². The van der Waals surface area contributed by atoms with Crippen molar-refractivity contribution in [1.82, 2.24) is 4.90 Å². The van der Waals surface area contributed by atoms with E-state index in [0.29, 0.717) is 23.4 Å². The Hall–Kier alpha value is -3.16. The van der Waals surface area contributed by atoms with Crippen LogP contribution in [0.3, 0.4) is 0 Å². The van der Waals surface area contributed by atoms with Crippen LogP contribution in [0.5, 0.6) is 5.75 Å². The van der Waals surface area contributed by atoms with Crippen molar-refractivity contribution in [2.75, 3.05) is 46.5 Å².